The van der Waals surface area contributed by atoms with E-state index in [2.05, 4.69) is 87.6 Å². The molecule has 6 nitrogen and oxygen atoms in total. The van der Waals surface area contributed by atoms with Gasteiger partial charge in [0.25, 0.3) is 0 Å². The van der Waals surface area contributed by atoms with Gasteiger partial charge in [-0.2, -0.15) is 0 Å². The van der Waals surface area contributed by atoms with Crippen molar-refractivity contribution in [3.05, 3.63) is 72.9 Å². The SMILES string of the molecule is CCCCC/C=C\C/C=C\C/C=C\C/C=C\C/C=C\CCC(=O)O[C@H](COC(=O)CCCCCCCCCCCCC/C=C\CCCCCCCC)COC(=O)CCCCCCCCCCCCCCCCCCCCCCC. The molecule has 6 heteroatoms. The Morgan fingerprint density at radius 1 is 0.253 bits per heavy atom. The molecule has 1 atom stereocenters. The number of carbonyl (C=O) groups is 3. The maximum Gasteiger partial charge on any atom is 0.306 e. The first-order valence-electron chi connectivity index (χ1n) is 34.4. The van der Waals surface area contributed by atoms with Gasteiger partial charge in [0, 0.05) is 19.3 Å². The Hall–Kier alpha value is -3.15. The van der Waals surface area contributed by atoms with Crippen molar-refractivity contribution in [2.75, 3.05) is 13.2 Å². The Kier molecular flexibility index (Phi) is 64.7. The molecular weight excluding hydrogens is 973 g/mol. The summed E-state index contributed by atoms with van der Waals surface area (Å²) in [5.74, 6) is -0.965. The summed E-state index contributed by atoms with van der Waals surface area (Å²) in [6.07, 6.45) is 87.9. The molecule has 0 heterocycles. The lowest BCUT2D eigenvalue weighted by Gasteiger charge is -2.18. The summed E-state index contributed by atoms with van der Waals surface area (Å²) in [5, 5.41) is 0. The molecule has 0 aliphatic heterocycles. The maximum atomic E-state index is 12.9. The van der Waals surface area contributed by atoms with Gasteiger partial charge in [-0.15, -0.1) is 0 Å². The molecule has 458 valence electrons. The highest BCUT2D eigenvalue weighted by molar-refractivity contribution is 5.71. The second-order valence-corrected chi connectivity index (χ2v) is 23.1. The van der Waals surface area contributed by atoms with Gasteiger partial charge in [0.05, 0.1) is 0 Å². The van der Waals surface area contributed by atoms with Crippen LogP contribution < -0.4 is 0 Å². The van der Waals surface area contributed by atoms with Gasteiger partial charge in [0.15, 0.2) is 6.10 Å². The van der Waals surface area contributed by atoms with Gasteiger partial charge in [-0.1, -0.05) is 325 Å². The first-order valence-corrected chi connectivity index (χ1v) is 34.4. The molecule has 0 radical (unpaired) electrons. The summed E-state index contributed by atoms with van der Waals surface area (Å²) in [6.45, 7) is 6.61. The van der Waals surface area contributed by atoms with Crippen LogP contribution >= 0.6 is 0 Å². The third-order valence-corrected chi connectivity index (χ3v) is 15.2. The van der Waals surface area contributed by atoms with E-state index in [-0.39, 0.29) is 37.5 Å². The van der Waals surface area contributed by atoms with E-state index in [9.17, 15) is 14.4 Å². The minimum absolute atomic E-state index is 0.101. The highest BCUT2D eigenvalue weighted by atomic mass is 16.6. The van der Waals surface area contributed by atoms with Crippen LogP contribution in [0, 0.1) is 0 Å². The fraction of sp³-hybridized carbons (Fsp3) is 0.795. The van der Waals surface area contributed by atoms with E-state index in [1.54, 1.807) is 0 Å². The number of esters is 3. The van der Waals surface area contributed by atoms with Crippen LogP contribution in [-0.2, 0) is 28.6 Å². The van der Waals surface area contributed by atoms with Gasteiger partial charge < -0.3 is 14.2 Å². The van der Waals surface area contributed by atoms with Crippen molar-refractivity contribution in [1.29, 1.82) is 0 Å². The first-order chi connectivity index (χ1) is 39.0. The van der Waals surface area contributed by atoms with E-state index in [1.807, 2.05) is 6.08 Å². The van der Waals surface area contributed by atoms with E-state index in [4.69, 9.17) is 14.2 Å². The molecule has 0 spiro atoms. The van der Waals surface area contributed by atoms with Crippen LogP contribution in [0.15, 0.2) is 72.9 Å². The number of rotatable bonds is 63. The molecule has 0 N–H and O–H groups in total. The van der Waals surface area contributed by atoms with Crippen LogP contribution in [-0.4, -0.2) is 37.2 Å². The molecule has 0 fully saturated rings. The Morgan fingerprint density at radius 2 is 0.481 bits per heavy atom. The Labute approximate surface area is 491 Å². The minimum atomic E-state index is -0.815. The number of hydrogen-bond acceptors (Lipinski definition) is 6. The van der Waals surface area contributed by atoms with Crippen LogP contribution in [0.5, 0.6) is 0 Å². The highest BCUT2D eigenvalue weighted by Crippen LogP contribution is 2.18. The molecule has 0 saturated carbocycles. The molecular formula is C73H130O6. The molecule has 0 saturated heterocycles. The monoisotopic (exact) mass is 1100 g/mol. The van der Waals surface area contributed by atoms with E-state index >= 15 is 0 Å². The van der Waals surface area contributed by atoms with Crippen LogP contribution in [0.4, 0.5) is 0 Å². The lowest BCUT2D eigenvalue weighted by Crippen LogP contribution is -2.30. The summed E-state index contributed by atoms with van der Waals surface area (Å²) < 4.78 is 16.9. The fourth-order valence-corrected chi connectivity index (χ4v) is 10.0. The molecule has 0 unspecified atom stereocenters. The zero-order valence-electron chi connectivity index (χ0n) is 52.6. The predicted octanol–water partition coefficient (Wildman–Crippen LogP) is 23.7. The quantitative estimate of drug-likeness (QED) is 0.0261. The van der Waals surface area contributed by atoms with Crippen LogP contribution in [0.2, 0.25) is 0 Å². The topological polar surface area (TPSA) is 78.9 Å². The van der Waals surface area contributed by atoms with Crippen molar-refractivity contribution in [2.45, 2.75) is 361 Å². The Morgan fingerprint density at radius 3 is 0.797 bits per heavy atom. The summed E-state index contributed by atoms with van der Waals surface area (Å²) in [5.41, 5.74) is 0. The van der Waals surface area contributed by atoms with Crippen molar-refractivity contribution in [3.63, 3.8) is 0 Å². The van der Waals surface area contributed by atoms with Crippen molar-refractivity contribution < 1.29 is 28.6 Å². The van der Waals surface area contributed by atoms with Crippen molar-refractivity contribution in [1.82, 2.24) is 0 Å². The fourth-order valence-electron chi connectivity index (χ4n) is 10.0. The van der Waals surface area contributed by atoms with E-state index in [1.165, 1.54) is 244 Å². The van der Waals surface area contributed by atoms with Crippen LogP contribution in [0.25, 0.3) is 0 Å². The van der Waals surface area contributed by atoms with Crippen molar-refractivity contribution in [3.8, 4) is 0 Å². The molecule has 0 rings (SSSR count). The summed E-state index contributed by atoms with van der Waals surface area (Å²) >= 11 is 0. The second kappa shape index (κ2) is 67.4. The van der Waals surface area contributed by atoms with Crippen LogP contribution in [0.3, 0.4) is 0 Å². The largest absolute Gasteiger partial charge is 0.462 e. The first kappa shape index (κ1) is 75.8. The standard InChI is InChI=1S/C73H130O6/c1-4-7-10-13-16-19-22-25-28-31-34-36-39-41-44-47-50-53-56-59-62-65-71(74)77-68-70(79-73(76)67-64-61-58-55-52-49-46-43-38-33-30-27-24-21-18-15-12-9-6-3)69-78-72(75)66-63-60-57-54-51-48-45-42-40-37-35-32-29-26-23-20-17-14-11-8-5-2/h18,21,25,27-28,30,38,43,49,52,58,61,70H,4-17,19-20,22-24,26,29,31-37,39-42,44-48,50-51,53-57,59-60,62-69H2,1-3H3/b21-18-,28-25-,30-27-,43-38-,52-49-,61-58-/t70-/m1/s1. The lowest BCUT2D eigenvalue weighted by molar-refractivity contribution is -0.166. The molecule has 0 aliphatic carbocycles. The Balaban J connectivity index is 4.42. The number of carbonyl (C=O) groups excluding carboxylic acids is 3. The van der Waals surface area contributed by atoms with Gasteiger partial charge >= 0.3 is 17.9 Å². The summed E-state index contributed by atoms with van der Waals surface area (Å²) in [7, 11) is 0. The predicted molar refractivity (Wildman–Crippen MR) is 344 cm³/mol. The average Bonchev–Trinajstić information content (AvgIpc) is 3.45. The molecule has 0 aromatic carbocycles. The second-order valence-electron chi connectivity index (χ2n) is 23.1. The zero-order valence-corrected chi connectivity index (χ0v) is 52.6. The van der Waals surface area contributed by atoms with Gasteiger partial charge in [0.1, 0.15) is 13.2 Å². The number of hydrogen-bond donors (Lipinski definition) is 0. The molecule has 0 bridgehead atoms. The molecule has 79 heavy (non-hydrogen) atoms. The molecule has 0 aliphatic rings. The van der Waals surface area contributed by atoms with Crippen molar-refractivity contribution >= 4 is 17.9 Å². The smallest absolute Gasteiger partial charge is 0.306 e. The third-order valence-electron chi connectivity index (χ3n) is 15.2. The van der Waals surface area contributed by atoms with Crippen molar-refractivity contribution in [2.24, 2.45) is 0 Å². The molecule has 0 aromatic rings. The number of allylic oxidation sites excluding steroid dienone is 12. The number of unbranched alkanes of at least 4 members (excludes halogenated alkanes) is 40. The van der Waals surface area contributed by atoms with E-state index in [0.29, 0.717) is 19.3 Å². The minimum Gasteiger partial charge on any atom is -0.462 e. The highest BCUT2D eigenvalue weighted by Gasteiger charge is 2.19. The third kappa shape index (κ3) is 65.5. The zero-order chi connectivity index (χ0) is 57.1. The Bertz CT molecular complexity index is 1450. The normalized spacial score (nSPS) is 12.5. The van der Waals surface area contributed by atoms with Gasteiger partial charge in [0.2, 0.25) is 0 Å². The maximum absolute atomic E-state index is 12.9. The van der Waals surface area contributed by atoms with Gasteiger partial charge in [-0.05, 0) is 83.5 Å². The number of ether oxygens (including phenoxy) is 3. The summed E-state index contributed by atoms with van der Waals surface area (Å²) in [6, 6.07) is 0. The molecule has 0 aromatic heterocycles. The van der Waals surface area contributed by atoms with E-state index < -0.39 is 6.10 Å². The van der Waals surface area contributed by atoms with Gasteiger partial charge in [-0.25, -0.2) is 0 Å². The molecule has 0 amide bonds. The van der Waals surface area contributed by atoms with E-state index in [0.717, 1.165) is 64.2 Å². The van der Waals surface area contributed by atoms with Crippen LogP contribution in [0.1, 0.15) is 355 Å². The lowest BCUT2D eigenvalue weighted by atomic mass is 10.0. The van der Waals surface area contributed by atoms with Gasteiger partial charge in [-0.3, -0.25) is 14.4 Å². The summed E-state index contributed by atoms with van der Waals surface area (Å²) in [4.78, 5) is 38.4. The average molecular weight is 1100 g/mol.